The van der Waals surface area contributed by atoms with E-state index in [9.17, 15) is 13.2 Å². The number of nitrogens with one attached hydrogen (secondary N) is 1. The number of halogens is 3. The number of aromatic nitrogens is 1. The van der Waals surface area contributed by atoms with Gasteiger partial charge in [-0.3, -0.25) is 4.98 Å². The molecule has 1 rings (SSSR count). The maximum atomic E-state index is 12.0. The minimum absolute atomic E-state index is 0.0644. The molecule has 0 spiro atoms. The van der Waals surface area contributed by atoms with Gasteiger partial charge in [0.2, 0.25) is 0 Å². The van der Waals surface area contributed by atoms with Crippen molar-refractivity contribution in [3.8, 4) is 0 Å². The second kappa shape index (κ2) is 6.00. The Bertz CT molecular complexity index is 333. The summed E-state index contributed by atoms with van der Waals surface area (Å²) < 4.78 is 36.1. The van der Waals surface area contributed by atoms with E-state index in [0.29, 0.717) is 6.42 Å². The van der Waals surface area contributed by atoms with E-state index in [1.807, 2.05) is 19.1 Å². The van der Waals surface area contributed by atoms with Gasteiger partial charge in [-0.15, -0.1) is 0 Å². The lowest BCUT2D eigenvalue weighted by Gasteiger charge is -2.16. The summed E-state index contributed by atoms with van der Waals surface area (Å²) in [6.07, 6.45) is -2.50. The van der Waals surface area contributed by atoms with Crippen molar-refractivity contribution >= 4 is 0 Å². The number of nitrogens with zero attached hydrogens (tertiary/aromatic N) is 1. The van der Waals surface area contributed by atoms with Crippen molar-refractivity contribution in [1.29, 1.82) is 0 Å². The molecule has 1 unspecified atom stereocenters. The molecule has 0 aromatic carbocycles. The summed E-state index contributed by atoms with van der Waals surface area (Å²) in [7, 11) is 1.75. The normalized spacial score (nSPS) is 13.7. The smallest absolute Gasteiger partial charge is 0.313 e. The SMILES string of the molecule is CNC(CCCC(F)(F)F)c1ccc(C)nc1. The van der Waals surface area contributed by atoms with Crippen LogP contribution in [0.25, 0.3) is 0 Å². The molecule has 1 N–H and O–H groups in total. The molecule has 0 amide bonds. The zero-order valence-corrected chi connectivity index (χ0v) is 10.0. The standard InChI is InChI=1S/C12H17F3N2/c1-9-5-6-10(8-17-9)11(16-2)4-3-7-12(13,14)15/h5-6,8,11,16H,3-4,7H2,1-2H3. The molecule has 1 heterocycles. The van der Waals surface area contributed by atoms with Gasteiger partial charge in [0, 0.05) is 24.4 Å². The number of pyridine rings is 1. The molecule has 17 heavy (non-hydrogen) atoms. The van der Waals surface area contributed by atoms with E-state index >= 15 is 0 Å². The molecule has 0 radical (unpaired) electrons. The highest BCUT2D eigenvalue weighted by atomic mass is 19.4. The number of aryl methyl sites for hydroxylation is 1. The third-order valence-electron chi connectivity index (χ3n) is 2.64. The van der Waals surface area contributed by atoms with Gasteiger partial charge >= 0.3 is 6.18 Å². The Balaban J connectivity index is 2.51. The van der Waals surface area contributed by atoms with Crippen LogP contribution >= 0.6 is 0 Å². The summed E-state index contributed by atoms with van der Waals surface area (Å²) in [6, 6.07) is 3.70. The first-order chi connectivity index (χ1) is 7.92. The Morgan fingerprint density at radius 1 is 1.35 bits per heavy atom. The van der Waals surface area contributed by atoms with Crippen LogP contribution in [-0.4, -0.2) is 18.2 Å². The summed E-state index contributed by atoms with van der Waals surface area (Å²) >= 11 is 0. The van der Waals surface area contributed by atoms with E-state index in [1.54, 1.807) is 13.2 Å². The molecule has 0 bridgehead atoms. The molecule has 1 atom stereocenters. The minimum Gasteiger partial charge on any atom is -0.313 e. The van der Waals surface area contributed by atoms with Crippen molar-refractivity contribution < 1.29 is 13.2 Å². The van der Waals surface area contributed by atoms with Crippen LogP contribution in [0.15, 0.2) is 18.3 Å². The lowest BCUT2D eigenvalue weighted by molar-refractivity contribution is -0.135. The fourth-order valence-electron chi connectivity index (χ4n) is 1.67. The third kappa shape index (κ3) is 5.17. The lowest BCUT2D eigenvalue weighted by atomic mass is 10.0. The molecule has 0 aliphatic carbocycles. The zero-order valence-electron chi connectivity index (χ0n) is 10.0. The number of alkyl halides is 3. The monoisotopic (exact) mass is 246 g/mol. The Hall–Kier alpha value is -1.10. The van der Waals surface area contributed by atoms with Crippen molar-refractivity contribution in [1.82, 2.24) is 10.3 Å². The summed E-state index contributed by atoms with van der Waals surface area (Å²) in [6.45, 7) is 1.88. The van der Waals surface area contributed by atoms with Crippen LogP contribution in [-0.2, 0) is 0 Å². The molecule has 0 saturated heterocycles. The van der Waals surface area contributed by atoms with Crippen molar-refractivity contribution in [3.63, 3.8) is 0 Å². The van der Waals surface area contributed by atoms with E-state index in [1.165, 1.54) is 0 Å². The van der Waals surface area contributed by atoms with E-state index in [2.05, 4.69) is 10.3 Å². The van der Waals surface area contributed by atoms with Crippen LogP contribution in [0.2, 0.25) is 0 Å². The zero-order chi connectivity index (χ0) is 12.9. The van der Waals surface area contributed by atoms with E-state index < -0.39 is 12.6 Å². The van der Waals surface area contributed by atoms with Gasteiger partial charge < -0.3 is 5.32 Å². The van der Waals surface area contributed by atoms with E-state index in [0.717, 1.165) is 11.3 Å². The highest BCUT2D eigenvalue weighted by molar-refractivity contribution is 5.17. The fourth-order valence-corrected chi connectivity index (χ4v) is 1.67. The van der Waals surface area contributed by atoms with Gasteiger partial charge in [-0.25, -0.2) is 0 Å². The average Bonchev–Trinajstić information content (AvgIpc) is 2.24. The fraction of sp³-hybridized carbons (Fsp3) is 0.583. The first-order valence-corrected chi connectivity index (χ1v) is 5.59. The quantitative estimate of drug-likeness (QED) is 0.861. The van der Waals surface area contributed by atoms with Crippen LogP contribution in [0.1, 0.15) is 36.6 Å². The topological polar surface area (TPSA) is 24.9 Å². The highest BCUT2D eigenvalue weighted by Gasteiger charge is 2.26. The van der Waals surface area contributed by atoms with Gasteiger partial charge in [0.05, 0.1) is 0 Å². The molecule has 0 saturated carbocycles. The van der Waals surface area contributed by atoms with Gasteiger partial charge in [-0.2, -0.15) is 13.2 Å². The lowest BCUT2D eigenvalue weighted by Crippen LogP contribution is -2.17. The molecular formula is C12H17F3N2. The minimum atomic E-state index is -4.07. The van der Waals surface area contributed by atoms with E-state index in [-0.39, 0.29) is 12.5 Å². The van der Waals surface area contributed by atoms with Gasteiger partial charge in [-0.1, -0.05) is 6.07 Å². The molecule has 0 fully saturated rings. The van der Waals surface area contributed by atoms with Crippen LogP contribution in [0.3, 0.4) is 0 Å². The summed E-state index contributed by atoms with van der Waals surface area (Å²) in [5.41, 5.74) is 1.83. The molecule has 2 nitrogen and oxygen atoms in total. The van der Waals surface area contributed by atoms with Crippen LogP contribution in [0, 0.1) is 6.92 Å². The second-order valence-electron chi connectivity index (χ2n) is 4.08. The third-order valence-corrected chi connectivity index (χ3v) is 2.64. The molecule has 1 aromatic heterocycles. The first-order valence-electron chi connectivity index (χ1n) is 5.59. The Morgan fingerprint density at radius 2 is 2.06 bits per heavy atom. The van der Waals surface area contributed by atoms with Crippen LogP contribution in [0.5, 0.6) is 0 Å². The van der Waals surface area contributed by atoms with Crippen LogP contribution in [0.4, 0.5) is 13.2 Å². The summed E-state index contributed by atoms with van der Waals surface area (Å²) in [4.78, 5) is 4.14. The predicted molar refractivity (Wildman–Crippen MR) is 60.7 cm³/mol. The predicted octanol–water partition coefficient (Wildman–Crippen LogP) is 3.38. The molecule has 0 aliphatic heterocycles. The molecular weight excluding hydrogens is 229 g/mol. The van der Waals surface area contributed by atoms with Gasteiger partial charge in [0.1, 0.15) is 0 Å². The average molecular weight is 246 g/mol. The van der Waals surface area contributed by atoms with Gasteiger partial charge in [0.15, 0.2) is 0 Å². The van der Waals surface area contributed by atoms with Crippen molar-refractivity contribution in [3.05, 3.63) is 29.6 Å². The molecule has 1 aromatic rings. The molecule has 5 heteroatoms. The summed E-state index contributed by atoms with van der Waals surface area (Å²) in [5.74, 6) is 0. The van der Waals surface area contributed by atoms with Gasteiger partial charge in [-0.05, 0) is 38.4 Å². The number of hydrogen-bond acceptors (Lipinski definition) is 2. The first kappa shape index (κ1) is 14.0. The van der Waals surface area contributed by atoms with Gasteiger partial charge in [0.25, 0.3) is 0 Å². The van der Waals surface area contributed by atoms with Crippen molar-refractivity contribution in [2.75, 3.05) is 7.05 Å². The Morgan fingerprint density at radius 3 is 2.53 bits per heavy atom. The second-order valence-corrected chi connectivity index (χ2v) is 4.08. The molecule has 0 aliphatic rings. The Kier molecular flexibility index (Phi) is 4.93. The largest absolute Gasteiger partial charge is 0.389 e. The van der Waals surface area contributed by atoms with Crippen LogP contribution < -0.4 is 5.32 Å². The molecule has 96 valence electrons. The number of hydrogen-bond donors (Lipinski definition) is 1. The van der Waals surface area contributed by atoms with Crippen molar-refractivity contribution in [2.45, 2.75) is 38.4 Å². The number of rotatable bonds is 5. The summed E-state index contributed by atoms with van der Waals surface area (Å²) in [5, 5.41) is 3.02. The maximum absolute atomic E-state index is 12.0. The highest BCUT2D eigenvalue weighted by Crippen LogP contribution is 2.25. The maximum Gasteiger partial charge on any atom is 0.389 e. The van der Waals surface area contributed by atoms with Crippen molar-refractivity contribution in [2.24, 2.45) is 0 Å². The Labute approximate surface area is 99.3 Å². The van der Waals surface area contributed by atoms with E-state index in [4.69, 9.17) is 0 Å².